The number of aromatic nitrogens is 1. The number of nitro groups is 1. The lowest BCUT2D eigenvalue weighted by molar-refractivity contribution is -0.385. The van der Waals surface area contributed by atoms with Crippen LogP contribution >= 0.6 is 0 Å². The SMILES string of the molecule is O=C(Cc1ccccc1[N+](=O)[O-])Nc1cccc(CO)n1. The number of nitrogens with one attached hydrogen (secondary N) is 1. The average molecular weight is 287 g/mol. The fourth-order valence-corrected chi connectivity index (χ4v) is 1.84. The summed E-state index contributed by atoms with van der Waals surface area (Å²) >= 11 is 0. The average Bonchev–Trinajstić information content (AvgIpc) is 2.47. The quantitative estimate of drug-likeness (QED) is 0.642. The van der Waals surface area contributed by atoms with Crippen LogP contribution in [0.5, 0.6) is 0 Å². The fourth-order valence-electron chi connectivity index (χ4n) is 1.84. The van der Waals surface area contributed by atoms with Crippen molar-refractivity contribution >= 4 is 17.4 Å². The number of anilines is 1. The number of pyridine rings is 1. The maximum absolute atomic E-state index is 11.9. The lowest BCUT2D eigenvalue weighted by Crippen LogP contribution is -2.16. The monoisotopic (exact) mass is 287 g/mol. The van der Waals surface area contributed by atoms with Crippen LogP contribution in [0.2, 0.25) is 0 Å². The molecule has 1 aromatic heterocycles. The minimum atomic E-state index is -0.521. The van der Waals surface area contributed by atoms with E-state index in [1.54, 1.807) is 30.3 Å². The van der Waals surface area contributed by atoms with Gasteiger partial charge in [0.05, 0.1) is 23.6 Å². The van der Waals surface area contributed by atoms with E-state index in [4.69, 9.17) is 5.11 Å². The molecule has 0 aliphatic heterocycles. The normalized spacial score (nSPS) is 10.1. The zero-order chi connectivity index (χ0) is 15.2. The number of nitro benzene ring substituents is 1. The third-order valence-corrected chi connectivity index (χ3v) is 2.78. The Morgan fingerprint density at radius 3 is 2.71 bits per heavy atom. The minimum absolute atomic E-state index is 0.0929. The Bertz CT molecular complexity index is 673. The molecule has 0 aliphatic rings. The van der Waals surface area contributed by atoms with E-state index >= 15 is 0 Å². The van der Waals surface area contributed by atoms with E-state index in [1.807, 2.05) is 0 Å². The van der Waals surface area contributed by atoms with Gasteiger partial charge >= 0.3 is 0 Å². The van der Waals surface area contributed by atoms with E-state index in [0.717, 1.165) is 0 Å². The van der Waals surface area contributed by atoms with Gasteiger partial charge in [-0.3, -0.25) is 14.9 Å². The third-order valence-electron chi connectivity index (χ3n) is 2.78. The van der Waals surface area contributed by atoms with Crippen molar-refractivity contribution in [3.8, 4) is 0 Å². The summed E-state index contributed by atoms with van der Waals surface area (Å²) in [7, 11) is 0. The van der Waals surface area contributed by atoms with Gasteiger partial charge in [-0.25, -0.2) is 4.98 Å². The van der Waals surface area contributed by atoms with Crippen LogP contribution < -0.4 is 5.32 Å². The van der Waals surface area contributed by atoms with E-state index in [2.05, 4.69) is 10.3 Å². The Kier molecular flexibility index (Phi) is 4.57. The van der Waals surface area contributed by atoms with E-state index in [0.29, 0.717) is 17.1 Å². The number of para-hydroxylation sites is 1. The zero-order valence-electron chi connectivity index (χ0n) is 11.0. The maximum atomic E-state index is 11.9. The molecule has 1 amide bonds. The summed E-state index contributed by atoms with van der Waals surface area (Å²) < 4.78 is 0. The second-order valence-corrected chi connectivity index (χ2v) is 4.28. The Balaban J connectivity index is 2.10. The number of rotatable bonds is 5. The number of hydrogen-bond donors (Lipinski definition) is 2. The van der Waals surface area contributed by atoms with Gasteiger partial charge in [-0.15, -0.1) is 0 Å². The van der Waals surface area contributed by atoms with Crippen LogP contribution in [0.15, 0.2) is 42.5 Å². The molecule has 7 heteroatoms. The molecule has 0 atom stereocenters. The van der Waals surface area contributed by atoms with Crippen molar-refractivity contribution in [2.45, 2.75) is 13.0 Å². The summed E-state index contributed by atoms with van der Waals surface area (Å²) in [6, 6.07) is 10.9. The molecule has 2 aromatic rings. The van der Waals surface area contributed by atoms with Crippen molar-refractivity contribution in [1.82, 2.24) is 4.98 Å². The highest BCUT2D eigenvalue weighted by Crippen LogP contribution is 2.18. The standard InChI is InChI=1S/C14H13N3O4/c18-9-11-5-3-7-13(15-11)16-14(19)8-10-4-1-2-6-12(10)17(20)21/h1-7,18H,8-9H2,(H,15,16,19). The van der Waals surface area contributed by atoms with Gasteiger partial charge in [0.25, 0.3) is 5.69 Å². The van der Waals surface area contributed by atoms with Crippen molar-refractivity contribution in [3.63, 3.8) is 0 Å². The van der Waals surface area contributed by atoms with Gasteiger partial charge in [0, 0.05) is 11.6 Å². The molecular weight excluding hydrogens is 274 g/mol. The molecule has 1 aromatic carbocycles. The Morgan fingerprint density at radius 2 is 2.00 bits per heavy atom. The van der Waals surface area contributed by atoms with Crippen molar-refractivity contribution in [3.05, 3.63) is 63.8 Å². The molecule has 21 heavy (non-hydrogen) atoms. The van der Waals surface area contributed by atoms with Gasteiger partial charge in [0.15, 0.2) is 0 Å². The highest BCUT2D eigenvalue weighted by atomic mass is 16.6. The lowest BCUT2D eigenvalue weighted by atomic mass is 10.1. The number of hydrogen-bond acceptors (Lipinski definition) is 5. The maximum Gasteiger partial charge on any atom is 0.273 e. The van der Waals surface area contributed by atoms with Crippen LogP contribution in [0.1, 0.15) is 11.3 Å². The number of benzene rings is 1. The number of aliphatic hydroxyl groups excluding tert-OH is 1. The van der Waals surface area contributed by atoms with Gasteiger partial charge in [0.2, 0.25) is 5.91 Å². The first-order valence-electron chi connectivity index (χ1n) is 6.19. The molecule has 0 aliphatic carbocycles. The second-order valence-electron chi connectivity index (χ2n) is 4.28. The summed E-state index contributed by atoms with van der Waals surface area (Å²) in [5.74, 6) is -0.114. The highest BCUT2D eigenvalue weighted by molar-refractivity contribution is 5.91. The van der Waals surface area contributed by atoms with Crippen molar-refractivity contribution in [1.29, 1.82) is 0 Å². The Hall–Kier alpha value is -2.80. The predicted octanol–water partition coefficient (Wildman–Crippen LogP) is 1.66. The van der Waals surface area contributed by atoms with Crippen molar-refractivity contribution in [2.24, 2.45) is 0 Å². The van der Waals surface area contributed by atoms with E-state index < -0.39 is 10.8 Å². The van der Waals surface area contributed by atoms with E-state index in [-0.39, 0.29) is 18.7 Å². The summed E-state index contributed by atoms with van der Waals surface area (Å²) in [5.41, 5.74) is 0.668. The first-order valence-corrected chi connectivity index (χ1v) is 6.19. The van der Waals surface area contributed by atoms with Crippen LogP contribution in [0.25, 0.3) is 0 Å². The summed E-state index contributed by atoms with van der Waals surface area (Å²) in [6.45, 7) is -0.228. The fraction of sp³-hybridized carbons (Fsp3) is 0.143. The molecule has 0 fully saturated rings. The van der Waals surface area contributed by atoms with Gasteiger partial charge in [-0.05, 0) is 12.1 Å². The minimum Gasteiger partial charge on any atom is -0.390 e. The summed E-state index contributed by atoms with van der Waals surface area (Å²) in [4.78, 5) is 26.3. The van der Waals surface area contributed by atoms with Gasteiger partial charge in [-0.2, -0.15) is 0 Å². The number of carbonyl (C=O) groups is 1. The van der Waals surface area contributed by atoms with E-state index in [9.17, 15) is 14.9 Å². The van der Waals surface area contributed by atoms with Crippen LogP contribution in [-0.4, -0.2) is 20.9 Å². The third kappa shape index (κ3) is 3.83. The summed E-state index contributed by atoms with van der Waals surface area (Å²) in [6.07, 6.45) is -0.123. The molecule has 2 N–H and O–H groups in total. The topological polar surface area (TPSA) is 105 Å². The van der Waals surface area contributed by atoms with Crippen LogP contribution in [-0.2, 0) is 17.8 Å². The molecule has 0 spiro atoms. The smallest absolute Gasteiger partial charge is 0.273 e. The first-order chi connectivity index (χ1) is 10.1. The molecule has 0 saturated heterocycles. The Morgan fingerprint density at radius 1 is 1.24 bits per heavy atom. The molecular formula is C14H13N3O4. The van der Waals surface area contributed by atoms with Crippen LogP contribution in [0, 0.1) is 10.1 Å². The molecule has 1 heterocycles. The Labute approximate surface area is 120 Å². The van der Waals surface area contributed by atoms with Crippen LogP contribution in [0.3, 0.4) is 0 Å². The van der Waals surface area contributed by atoms with Crippen molar-refractivity contribution in [2.75, 3.05) is 5.32 Å². The van der Waals surface area contributed by atoms with Gasteiger partial charge < -0.3 is 10.4 Å². The molecule has 0 bridgehead atoms. The number of carbonyl (C=O) groups excluding carboxylic acids is 1. The van der Waals surface area contributed by atoms with Crippen molar-refractivity contribution < 1.29 is 14.8 Å². The molecule has 7 nitrogen and oxygen atoms in total. The first kappa shape index (κ1) is 14.6. The number of aliphatic hydroxyl groups is 1. The largest absolute Gasteiger partial charge is 0.390 e. The van der Waals surface area contributed by atoms with Gasteiger partial charge in [0.1, 0.15) is 5.82 Å². The van der Waals surface area contributed by atoms with Crippen LogP contribution in [0.4, 0.5) is 11.5 Å². The molecule has 108 valence electrons. The highest BCUT2D eigenvalue weighted by Gasteiger charge is 2.15. The second kappa shape index (κ2) is 6.58. The molecule has 2 rings (SSSR count). The number of amides is 1. The number of nitrogens with zero attached hydrogens (tertiary/aromatic N) is 2. The van der Waals surface area contributed by atoms with E-state index in [1.165, 1.54) is 12.1 Å². The predicted molar refractivity (Wildman–Crippen MR) is 75.6 cm³/mol. The lowest BCUT2D eigenvalue weighted by Gasteiger charge is -2.06. The summed E-state index contributed by atoms with van der Waals surface area (Å²) in [5, 5.41) is 22.4. The molecule has 0 unspecified atom stereocenters. The molecule has 0 saturated carbocycles. The molecule has 0 radical (unpaired) electrons. The zero-order valence-corrected chi connectivity index (χ0v) is 11.0. The van der Waals surface area contributed by atoms with Gasteiger partial charge in [-0.1, -0.05) is 24.3 Å².